The molecule has 0 radical (unpaired) electrons. The van der Waals surface area contributed by atoms with Gasteiger partial charge in [-0.1, -0.05) is 77.0 Å². The van der Waals surface area contributed by atoms with Gasteiger partial charge in [-0.05, 0) is 111 Å². The highest BCUT2D eigenvalue weighted by Gasteiger charge is 2.56. The van der Waals surface area contributed by atoms with E-state index < -0.39 is 8.32 Å². The molecule has 4 aliphatic carbocycles. The molecule has 0 amide bonds. The Bertz CT molecular complexity index is 813. The Kier molecular flexibility index (Phi) is 7.04. The minimum atomic E-state index is -1.47. The third-order valence-corrected chi connectivity index (χ3v) is 11.6. The summed E-state index contributed by atoms with van der Waals surface area (Å²) in [6.45, 7) is 21.8. The van der Waals surface area contributed by atoms with Gasteiger partial charge in [-0.2, -0.15) is 0 Å². The van der Waals surface area contributed by atoms with Crippen molar-refractivity contribution < 1.29 is 4.43 Å². The molecule has 0 aromatic rings. The van der Waals surface area contributed by atoms with E-state index in [-0.39, 0.29) is 0 Å². The summed E-state index contributed by atoms with van der Waals surface area (Å²) >= 11 is 0. The van der Waals surface area contributed by atoms with Crippen LogP contribution >= 0.6 is 0 Å². The second-order valence-electron chi connectivity index (χ2n) is 14.1. The van der Waals surface area contributed by atoms with Crippen molar-refractivity contribution >= 4 is 8.32 Å². The predicted molar refractivity (Wildman–Crippen MR) is 146 cm³/mol. The first-order chi connectivity index (χ1) is 15.3. The van der Waals surface area contributed by atoms with Gasteiger partial charge in [-0.15, -0.1) is 0 Å². The van der Waals surface area contributed by atoms with Gasteiger partial charge >= 0.3 is 0 Å². The van der Waals surface area contributed by atoms with E-state index in [1.807, 2.05) is 5.57 Å². The zero-order valence-electron chi connectivity index (χ0n) is 23.2. The van der Waals surface area contributed by atoms with Crippen molar-refractivity contribution in [3.05, 3.63) is 35.5 Å². The molecule has 0 aromatic carbocycles. The highest BCUT2D eigenvalue weighted by Crippen LogP contribution is 2.66. The fourth-order valence-electron chi connectivity index (χ4n) is 8.18. The molecule has 4 rings (SSSR count). The van der Waals surface area contributed by atoms with Crippen LogP contribution in [0, 0.1) is 46.3 Å². The van der Waals surface area contributed by atoms with Crippen LogP contribution in [0.25, 0.3) is 0 Å². The van der Waals surface area contributed by atoms with Gasteiger partial charge in [0, 0.05) is 6.10 Å². The molecule has 33 heavy (non-hydrogen) atoms. The van der Waals surface area contributed by atoms with Crippen molar-refractivity contribution in [2.24, 2.45) is 46.3 Å². The Hall–Kier alpha value is -0.603. The Balaban J connectivity index is 1.53. The van der Waals surface area contributed by atoms with Crippen LogP contribution in [-0.2, 0) is 4.43 Å². The lowest BCUT2D eigenvalue weighted by atomic mass is 9.50. The minimum Gasteiger partial charge on any atom is -0.414 e. The molecule has 3 fully saturated rings. The summed E-state index contributed by atoms with van der Waals surface area (Å²) in [5.41, 5.74) is 4.38. The van der Waals surface area contributed by atoms with Crippen molar-refractivity contribution in [2.75, 3.05) is 0 Å². The SMILES string of the molecule is CC(C)C(C)/C=C/C(C)C1CCC2C3=CC=C4CC(O[Si](C)(C)C)CCC4(C)C3CCC21C. The zero-order valence-corrected chi connectivity index (χ0v) is 24.2. The number of allylic oxidation sites excluding steroid dienone is 5. The van der Waals surface area contributed by atoms with Gasteiger partial charge in [0.25, 0.3) is 0 Å². The summed E-state index contributed by atoms with van der Waals surface area (Å²) in [6, 6.07) is 0. The molecule has 0 N–H and O–H groups in total. The zero-order chi connectivity index (χ0) is 24.2. The first kappa shape index (κ1) is 25.5. The molecule has 2 heteroatoms. The maximum atomic E-state index is 6.56. The maximum absolute atomic E-state index is 6.56. The van der Waals surface area contributed by atoms with E-state index in [4.69, 9.17) is 4.43 Å². The van der Waals surface area contributed by atoms with Crippen molar-refractivity contribution in [3.63, 3.8) is 0 Å². The summed E-state index contributed by atoms with van der Waals surface area (Å²) in [4.78, 5) is 0. The van der Waals surface area contributed by atoms with Crippen molar-refractivity contribution in [2.45, 2.75) is 112 Å². The average Bonchev–Trinajstić information content (AvgIpc) is 3.08. The average molecular weight is 469 g/mol. The molecule has 0 heterocycles. The number of hydrogen-bond donors (Lipinski definition) is 0. The van der Waals surface area contributed by atoms with Crippen LogP contribution in [0.2, 0.25) is 19.6 Å². The molecular formula is C31H52OSi. The Morgan fingerprint density at radius 1 is 0.909 bits per heavy atom. The van der Waals surface area contributed by atoms with Crippen LogP contribution < -0.4 is 0 Å². The Morgan fingerprint density at radius 3 is 2.30 bits per heavy atom. The van der Waals surface area contributed by atoms with Crippen molar-refractivity contribution in [1.29, 1.82) is 0 Å². The lowest BCUT2D eigenvalue weighted by molar-refractivity contribution is 0.0417. The van der Waals surface area contributed by atoms with E-state index in [0.717, 1.165) is 23.7 Å². The molecule has 0 aromatic heterocycles. The fourth-order valence-corrected chi connectivity index (χ4v) is 9.38. The highest BCUT2D eigenvalue weighted by molar-refractivity contribution is 6.69. The molecule has 0 saturated heterocycles. The van der Waals surface area contributed by atoms with E-state index >= 15 is 0 Å². The summed E-state index contributed by atoms with van der Waals surface area (Å²) in [5, 5.41) is 0. The van der Waals surface area contributed by atoms with Crippen molar-refractivity contribution in [3.8, 4) is 0 Å². The van der Waals surface area contributed by atoms with Crippen LogP contribution in [0.4, 0.5) is 0 Å². The van der Waals surface area contributed by atoms with Gasteiger partial charge in [-0.25, -0.2) is 0 Å². The largest absolute Gasteiger partial charge is 0.414 e. The summed E-state index contributed by atoms with van der Waals surface area (Å²) < 4.78 is 6.56. The van der Waals surface area contributed by atoms with Gasteiger partial charge < -0.3 is 4.43 Å². The molecule has 186 valence electrons. The molecular weight excluding hydrogens is 416 g/mol. The Labute approximate surface area is 206 Å². The van der Waals surface area contributed by atoms with E-state index in [1.165, 1.54) is 44.9 Å². The lowest BCUT2D eigenvalue weighted by Crippen LogP contribution is -2.47. The molecule has 0 spiro atoms. The van der Waals surface area contributed by atoms with Crippen LogP contribution in [0.1, 0.15) is 86.5 Å². The molecule has 0 bridgehead atoms. The maximum Gasteiger partial charge on any atom is 0.184 e. The third kappa shape index (κ3) is 4.77. The summed E-state index contributed by atoms with van der Waals surface area (Å²) in [7, 11) is -1.47. The molecule has 4 aliphatic rings. The van der Waals surface area contributed by atoms with Crippen LogP contribution in [-0.4, -0.2) is 14.4 Å². The monoisotopic (exact) mass is 468 g/mol. The lowest BCUT2D eigenvalue weighted by Gasteiger charge is -2.55. The predicted octanol–water partition coefficient (Wildman–Crippen LogP) is 9.19. The molecule has 8 atom stereocenters. The minimum absolute atomic E-state index is 0.376. The van der Waals surface area contributed by atoms with E-state index in [1.54, 1.807) is 5.57 Å². The van der Waals surface area contributed by atoms with Crippen LogP contribution in [0.15, 0.2) is 35.5 Å². The third-order valence-electron chi connectivity index (χ3n) is 10.5. The van der Waals surface area contributed by atoms with Gasteiger partial charge in [0.2, 0.25) is 0 Å². The van der Waals surface area contributed by atoms with Gasteiger partial charge in [0.15, 0.2) is 8.32 Å². The molecule has 1 nitrogen and oxygen atoms in total. The van der Waals surface area contributed by atoms with Crippen LogP contribution in [0.3, 0.4) is 0 Å². The number of rotatable bonds is 6. The normalized spacial score (nSPS) is 40.7. The van der Waals surface area contributed by atoms with Gasteiger partial charge in [0.05, 0.1) is 0 Å². The first-order valence-corrected chi connectivity index (χ1v) is 17.5. The number of hydrogen-bond acceptors (Lipinski definition) is 1. The highest BCUT2D eigenvalue weighted by atomic mass is 28.4. The summed E-state index contributed by atoms with van der Waals surface area (Å²) in [5.74, 6) is 4.50. The molecule has 3 saturated carbocycles. The van der Waals surface area contributed by atoms with Gasteiger partial charge in [0.1, 0.15) is 0 Å². The molecule has 8 unspecified atom stereocenters. The molecule has 0 aliphatic heterocycles. The first-order valence-electron chi connectivity index (χ1n) is 14.1. The summed E-state index contributed by atoms with van der Waals surface area (Å²) in [6.07, 6.45) is 20.0. The van der Waals surface area contributed by atoms with Gasteiger partial charge in [-0.3, -0.25) is 0 Å². The fraction of sp³-hybridized carbons (Fsp3) is 0.806. The van der Waals surface area contributed by atoms with Crippen molar-refractivity contribution in [1.82, 2.24) is 0 Å². The smallest absolute Gasteiger partial charge is 0.184 e. The number of fused-ring (bicyclic) bond motifs is 5. The Morgan fingerprint density at radius 2 is 1.64 bits per heavy atom. The van der Waals surface area contributed by atoms with E-state index in [2.05, 4.69) is 85.5 Å². The van der Waals surface area contributed by atoms with E-state index in [0.29, 0.717) is 28.8 Å². The second-order valence-corrected chi connectivity index (χ2v) is 18.5. The second kappa shape index (κ2) is 9.12. The van der Waals surface area contributed by atoms with Crippen LogP contribution in [0.5, 0.6) is 0 Å². The topological polar surface area (TPSA) is 9.23 Å². The quantitative estimate of drug-likeness (QED) is 0.279. The van der Waals surface area contributed by atoms with E-state index in [9.17, 15) is 0 Å². The standard InChI is InChI=1S/C31H52OSi/c1-21(2)22(3)10-11-23(4)27-14-15-28-26-13-12-24-20-25(32-33(7,8)9)16-18-30(24,5)29(26)17-19-31(27,28)6/h10-13,21-23,25,27-29H,14-20H2,1-9H3/b11-10+.